The third kappa shape index (κ3) is 2.19. The van der Waals surface area contributed by atoms with Crippen LogP contribution in [-0.4, -0.2) is 11.0 Å². The van der Waals surface area contributed by atoms with Crippen molar-refractivity contribution in [2.75, 3.05) is 0 Å². The average Bonchev–Trinajstić information content (AvgIpc) is 2.18. The summed E-state index contributed by atoms with van der Waals surface area (Å²) in [5, 5.41) is 2.01. The summed E-state index contributed by atoms with van der Waals surface area (Å²) in [6.07, 6.45) is 4.33. The van der Waals surface area contributed by atoms with E-state index in [2.05, 4.69) is 16.4 Å². The van der Waals surface area contributed by atoms with Crippen molar-refractivity contribution in [2.24, 2.45) is 5.34 Å². The maximum absolute atomic E-state index is 10.9. The Kier molecular flexibility index (Phi) is 2.86. The number of rotatable bonds is 3. The van der Waals surface area contributed by atoms with E-state index in [9.17, 15) is 9.70 Å². The summed E-state index contributed by atoms with van der Waals surface area (Å²) in [6.45, 7) is 3.50. The van der Waals surface area contributed by atoms with E-state index < -0.39 is 5.97 Å². The van der Waals surface area contributed by atoms with Gasteiger partial charge in [-0.3, -0.25) is 9.82 Å². The van der Waals surface area contributed by atoms with Crippen LogP contribution in [-0.2, 0) is 4.84 Å². The molecule has 13 heavy (non-hydrogen) atoms. The first-order chi connectivity index (χ1) is 6.27. The molecule has 1 rings (SSSR count). The second kappa shape index (κ2) is 4.10. The zero-order valence-corrected chi connectivity index (χ0v) is 6.64. The van der Waals surface area contributed by atoms with Gasteiger partial charge in [0.05, 0.1) is 5.56 Å². The number of hydrogen-bond acceptors (Lipinski definition) is 5. The summed E-state index contributed by atoms with van der Waals surface area (Å²) in [7, 11) is 0. The van der Waals surface area contributed by atoms with Crippen molar-refractivity contribution in [1.29, 1.82) is 0 Å². The summed E-state index contributed by atoms with van der Waals surface area (Å²) in [4.78, 5) is 28.2. The molecule has 1 aromatic heterocycles. The molecule has 0 bridgehead atoms. The van der Waals surface area contributed by atoms with Crippen LogP contribution in [0.4, 0.5) is 0 Å². The predicted octanol–water partition coefficient (Wildman–Crippen LogP) is 1.56. The molecular formula is C8H6N2O3. The number of carbonyl (C=O) groups excluding carboxylic acids is 1. The maximum atomic E-state index is 10.9. The zero-order chi connectivity index (χ0) is 9.68. The van der Waals surface area contributed by atoms with Crippen molar-refractivity contribution in [3.63, 3.8) is 0 Å². The molecule has 0 aliphatic heterocycles. The molecule has 0 amide bonds. The molecule has 0 atom stereocenters. The molecular weight excluding hydrogens is 172 g/mol. The topological polar surface area (TPSA) is 68.6 Å². The van der Waals surface area contributed by atoms with Crippen molar-refractivity contribution < 1.29 is 9.63 Å². The van der Waals surface area contributed by atoms with Crippen LogP contribution in [0.5, 0.6) is 0 Å². The van der Waals surface area contributed by atoms with Crippen molar-refractivity contribution in [3.05, 3.63) is 41.1 Å². The Bertz CT molecular complexity index is 349. The van der Waals surface area contributed by atoms with E-state index in [1.165, 1.54) is 24.5 Å². The smallest absolute Gasteiger partial charge is 0.279 e. The summed E-state index contributed by atoms with van der Waals surface area (Å²) in [6, 6.07) is 1.49. The van der Waals surface area contributed by atoms with E-state index in [1.54, 1.807) is 0 Å². The monoisotopic (exact) mass is 178 g/mol. The van der Waals surface area contributed by atoms with E-state index in [0.29, 0.717) is 5.56 Å². The second-order valence-corrected chi connectivity index (χ2v) is 2.16. The molecule has 0 aliphatic rings. The lowest BCUT2D eigenvalue weighted by Crippen LogP contribution is -2.00. The minimum atomic E-state index is -0.828. The van der Waals surface area contributed by atoms with E-state index >= 15 is 0 Å². The summed E-state index contributed by atoms with van der Waals surface area (Å²) < 4.78 is 0. The van der Waals surface area contributed by atoms with Crippen LogP contribution in [0.15, 0.2) is 30.4 Å². The highest BCUT2D eigenvalue weighted by molar-refractivity contribution is 5.89. The highest BCUT2D eigenvalue weighted by atomic mass is 16.7. The van der Waals surface area contributed by atoms with Gasteiger partial charge >= 0.3 is 5.97 Å². The van der Waals surface area contributed by atoms with Crippen molar-refractivity contribution in [2.45, 2.75) is 0 Å². The Labute approximate surface area is 74.0 Å². The Morgan fingerprint density at radius 1 is 1.62 bits per heavy atom. The van der Waals surface area contributed by atoms with Crippen LogP contribution >= 0.6 is 0 Å². The number of carbonyl (C=O) groups is 1. The van der Waals surface area contributed by atoms with Crippen LogP contribution in [0.2, 0.25) is 0 Å². The molecule has 0 N–H and O–H groups in total. The molecule has 0 fully saturated rings. The maximum Gasteiger partial charge on any atom is 0.370 e. The normalized spacial score (nSPS) is 8.92. The molecule has 1 aromatic rings. The SMILES string of the molecule is C=Cc1cncc(C(=O)ON=O)c1. The third-order valence-electron chi connectivity index (χ3n) is 1.35. The number of pyridine rings is 1. The molecule has 0 aromatic carbocycles. The van der Waals surface area contributed by atoms with E-state index in [0.717, 1.165) is 0 Å². The summed E-state index contributed by atoms with van der Waals surface area (Å²) in [5.41, 5.74) is 0.831. The average molecular weight is 178 g/mol. The molecule has 0 unspecified atom stereocenters. The Morgan fingerprint density at radius 2 is 2.38 bits per heavy atom. The lowest BCUT2D eigenvalue weighted by atomic mass is 10.2. The van der Waals surface area contributed by atoms with Crippen molar-refractivity contribution in [1.82, 2.24) is 4.98 Å². The highest BCUT2D eigenvalue weighted by Gasteiger charge is 2.07. The molecule has 1 heterocycles. The van der Waals surface area contributed by atoms with Gasteiger partial charge in [-0.05, 0) is 11.6 Å². The largest absolute Gasteiger partial charge is 0.370 e. The fourth-order valence-corrected chi connectivity index (χ4v) is 0.768. The van der Waals surface area contributed by atoms with E-state index in [-0.39, 0.29) is 5.56 Å². The van der Waals surface area contributed by atoms with Crippen molar-refractivity contribution >= 4 is 12.0 Å². The predicted molar refractivity (Wildman–Crippen MR) is 45.5 cm³/mol. The summed E-state index contributed by atoms with van der Waals surface area (Å²) in [5.74, 6) is -0.828. The zero-order valence-electron chi connectivity index (χ0n) is 6.64. The number of nitrogens with zero attached hydrogens (tertiary/aromatic N) is 2. The van der Waals surface area contributed by atoms with Gasteiger partial charge in [-0.2, -0.15) is 0 Å². The first kappa shape index (κ1) is 9.05. The minimum absolute atomic E-state index is 0.164. The number of aromatic nitrogens is 1. The fourth-order valence-electron chi connectivity index (χ4n) is 0.768. The van der Waals surface area contributed by atoms with Gasteiger partial charge in [0.25, 0.3) is 0 Å². The molecule has 0 spiro atoms. The van der Waals surface area contributed by atoms with Gasteiger partial charge in [-0.15, -0.1) is 4.91 Å². The van der Waals surface area contributed by atoms with E-state index in [4.69, 9.17) is 0 Å². The molecule has 5 nitrogen and oxygen atoms in total. The van der Waals surface area contributed by atoms with Gasteiger partial charge in [0.2, 0.25) is 0 Å². The van der Waals surface area contributed by atoms with Gasteiger partial charge in [0.1, 0.15) is 0 Å². The van der Waals surface area contributed by atoms with Crippen LogP contribution in [0.3, 0.4) is 0 Å². The lowest BCUT2D eigenvalue weighted by molar-refractivity contribution is 0.0508. The molecule has 0 aliphatic carbocycles. The fraction of sp³-hybridized carbons (Fsp3) is 0. The van der Waals surface area contributed by atoms with Gasteiger partial charge in [-0.25, -0.2) is 4.79 Å². The summed E-state index contributed by atoms with van der Waals surface area (Å²) >= 11 is 0. The van der Waals surface area contributed by atoms with Crippen LogP contribution < -0.4 is 0 Å². The van der Waals surface area contributed by atoms with Gasteiger partial charge < -0.3 is 0 Å². The molecule has 5 heteroatoms. The van der Waals surface area contributed by atoms with Crippen LogP contribution in [0.25, 0.3) is 6.08 Å². The van der Waals surface area contributed by atoms with Gasteiger partial charge in [0, 0.05) is 12.4 Å². The molecule has 0 saturated carbocycles. The quantitative estimate of drug-likeness (QED) is 0.520. The lowest BCUT2D eigenvalue weighted by Gasteiger charge is -1.96. The van der Waals surface area contributed by atoms with Crippen molar-refractivity contribution in [3.8, 4) is 0 Å². The van der Waals surface area contributed by atoms with Gasteiger partial charge in [-0.1, -0.05) is 12.7 Å². The third-order valence-corrected chi connectivity index (χ3v) is 1.35. The minimum Gasteiger partial charge on any atom is -0.279 e. The van der Waals surface area contributed by atoms with E-state index in [1.807, 2.05) is 5.34 Å². The standard InChI is InChI=1S/C8H6N2O3/c1-2-6-3-7(5-9-4-6)8(11)13-10-12/h2-5H,1H2. The highest BCUT2D eigenvalue weighted by Crippen LogP contribution is 2.05. The van der Waals surface area contributed by atoms with Crippen LogP contribution in [0.1, 0.15) is 15.9 Å². The molecule has 0 saturated heterocycles. The van der Waals surface area contributed by atoms with Crippen LogP contribution in [0, 0.1) is 4.91 Å². The first-order valence-corrected chi connectivity index (χ1v) is 3.39. The van der Waals surface area contributed by atoms with Gasteiger partial charge in [0.15, 0.2) is 5.34 Å². The number of hydrogen-bond donors (Lipinski definition) is 0. The molecule has 0 radical (unpaired) electrons. The first-order valence-electron chi connectivity index (χ1n) is 3.39. The Morgan fingerprint density at radius 3 is 3.00 bits per heavy atom. The Hall–Kier alpha value is -2.04. The molecule has 66 valence electrons. The second-order valence-electron chi connectivity index (χ2n) is 2.16. The Balaban J connectivity index is 2.94.